The third kappa shape index (κ3) is 4.81. The summed E-state index contributed by atoms with van der Waals surface area (Å²) >= 11 is 0. The van der Waals surface area contributed by atoms with E-state index in [1.165, 1.54) is 21.7 Å². The van der Waals surface area contributed by atoms with Crippen LogP contribution >= 0.6 is 0 Å². The maximum Gasteiger partial charge on any atom is 0.282 e. The molecular formula is C20H22F2N6O3. The maximum absolute atomic E-state index is 13.0. The number of carbonyl (C=O) groups excluding carboxylic acids is 2. The molecule has 0 unspecified atom stereocenters. The molecule has 2 N–H and O–H groups in total. The lowest BCUT2D eigenvalue weighted by molar-refractivity contribution is -0.117. The molecular weight excluding hydrogens is 410 g/mol. The first-order valence-electron chi connectivity index (χ1n) is 9.98. The predicted octanol–water partition coefficient (Wildman–Crippen LogP) is 3.08. The Morgan fingerprint density at radius 1 is 1.32 bits per heavy atom. The SMILES string of the molecule is CCn1cc(NC(=O)Cn2nc(C(F)F)cc2C2CC2)c(C(=O)NCc2ccco2)n1. The van der Waals surface area contributed by atoms with Gasteiger partial charge in [-0.1, -0.05) is 0 Å². The van der Waals surface area contributed by atoms with Crippen molar-refractivity contribution in [1.82, 2.24) is 24.9 Å². The van der Waals surface area contributed by atoms with E-state index in [1.54, 1.807) is 18.3 Å². The molecule has 1 aliphatic carbocycles. The number of alkyl halides is 2. The summed E-state index contributed by atoms with van der Waals surface area (Å²) in [6, 6.07) is 4.80. The quantitative estimate of drug-likeness (QED) is 0.540. The van der Waals surface area contributed by atoms with Crippen LogP contribution in [-0.2, 0) is 24.4 Å². The van der Waals surface area contributed by atoms with Gasteiger partial charge < -0.3 is 15.1 Å². The molecule has 0 saturated heterocycles. The third-order valence-electron chi connectivity index (χ3n) is 4.92. The van der Waals surface area contributed by atoms with Gasteiger partial charge in [0.2, 0.25) is 5.91 Å². The molecule has 0 aliphatic heterocycles. The van der Waals surface area contributed by atoms with E-state index >= 15 is 0 Å². The Balaban J connectivity index is 1.47. The molecule has 3 aromatic heterocycles. The minimum Gasteiger partial charge on any atom is -0.467 e. The first kappa shape index (κ1) is 20.8. The fourth-order valence-electron chi connectivity index (χ4n) is 3.23. The van der Waals surface area contributed by atoms with Crippen LogP contribution in [0.4, 0.5) is 14.5 Å². The summed E-state index contributed by atoms with van der Waals surface area (Å²) < 4.78 is 34.1. The van der Waals surface area contributed by atoms with Gasteiger partial charge in [0.1, 0.15) is 18.0 Å². The van der Waals surface area contributed by atoms with E-state index in [0.717, 1.165) is 12.8 Å². The maximum atomic E-state index is 13.0. The average Bonchev–Trinajstić information content (AvgIpc) is 3.14. The van der Waals surface area contributed by atoms with Crippen molar-refractivity contribution in [3.8, 4) is 0 Å². The van der Waals surface area contributed by atoms with Crippen molar-refractivity contribution >= 4 is 17.5 Å². The Bertz CT molecular complexity index is 1070. The van der Waals surface area contributed by atoms with Gasteiger partial charge in [0, 0.05) is 24.4 Å². The van der Waals surface area contributed by atoms with Crippen molar-refractivity contribution < 1.29 is 22.8 Å². The lowest BCUT2D eigenvalue weighted by atomic mass is 10.2. The van der Waals surface area contributed by atoms with Crippen LogP contribution in [0.15, 0.2) is 35.1 Å². The van der Waals surface area contributed by atoms with Crippen LogP contribution < -0.4 is 10.6 Å². The zero-order chi connectivity index (χ0) is 22.0. The van der Waals surface area contributed by atoms with Crippen molar-refractivity contribution in [3.05, 3.63) is 53.5 Å². The molecule has 4 rings (SSSR count). The lowest BCUT2D eigenvalue weighted by Crippen LogP contribution is -2.26. The predicted molar refractivity (Wildman–Crippen MR) is 106 cm³/mol. The Hall–Kier alpha value is -3.50. The van der Waals surface area contributed by atoms with Gasteiger partial charge in [-0.15, -0.1) is 0 Å². The van der Waals surface area contributed by atoms with Gasteiger partial charge in [0.15, 0.2) is 5.69 Å². The molecule has 164 valence electrons. The largest absolute Gasteiger partial charge is 0.467 e. The second kappa shape index (κ2) is 8.70. The molecule has 1 aliphatic rings. The van der Waals surface area contributed by atoms with Crippen LogP contribution in [0.1, 0.15) is 59.7 Å². The molecule has 9 nitrogen and oxygen atoms in total. The number of furan rings is 1. The third-order valence-corrected chi connectivity index (χ3v) is 4.92. The van der Waals surface area contributed by atoms with Crippen LogP contribution in [0, 0.1) is 0 Å². The molecule has 2 amide bonds. The van der Waals surface area contributed by atoms with E-state index in [2.05, 4.69) is 20.8 Å². The van der Waals surface area contributed by atoms with E-state index in [0.29, 0.717) is 18.0 Å². The van der Waals surface area contributed by atoms with Gasteiger partial charge in [0.25, 0.3) is 12.3 Å². The summed E-state index contributed by atoms with van der Waals surface area (Å²) in [5.41, 5.74) is 0.577. The Morgan fingerprint density at radius 2 is 2.13 bits per heavy atom. The standard InChI is InChI=1S/C20H22F2N6O3/c1-2-27-10-15(18(26-27)20(30)23-9-13-4-3-7-31-13)24-17(29)11-28-16(12-5-6-12)8-14(25-28)19(21)22/h3-4,7-8,10,12,19H,2,5-6,9,11H2,1H3,(H,23,30)(H,24,29). The molecule has 0 bridgehead atoms. The van der Waals surface area contributed by atoms with E-state index in [9.17, 15) is 18.4 Å². The lowest BCUT2D eigenvalue weighted by Gasteiger charge is -2.08. The Kier molecular flexibility index (Phi) is 5.83. The topological polar surface area (TPSA) is 107 Å². The van der Waals surface area contributed by atoms with Crippen LogP contribution in [0.5, 0.6) is 0 Å². The first-order chi connectivity index (χ1) is 14.9. The van der Waals surface area contributed by atoms with Gasteiger partial charge in [-0.3, -0.25) is 19.0 Å². The highest BCUT2D eigenvalue weighted by atomic mass is 19.3. The number of hydrogen-bond acceptors (Lipinski definition) is 5. The first-order valence-corrected chi connectivity index (χ1v) is 9.98. The molecule has 0 spiro atoms. The van der Waals surface area contributed by atoms with Gasteiger partial charge in [0.05, 0.1) is 18.5 Å². The van der Waals surface area contributed by atoms with E-state index in [-0.39, 0.29) is 36.1 Å². The number of carbonyl (C=O) groups is 2. The van der Waals surface area contributed by atoms with Crippen LogP contribution in [0.2, 0.25) is 0 Å². The van der Waals surface area contributed by atoms with Gasteiger partial charge in [-0.05, 0) is 38.0 Å². The summed E-state index contributed by atoms with van der Waals surface area (Å²) in [7, 11) is 0. The van der Waals surface area contributed by atoms with E-state index in [4.69, 9.17) is 4.42 Å². The smallest absolute Gasteiger partial charge is 0.282 e. The number of halogens is 2. The highest BCUT2D eigenvalue weighted by molar-refractivity contribution is 6.02. The Labute approximate surface area is 176 Å². The van der Waals surface area contributed by atoms with E-state index in [1.807, 2.05) is 6.92 Å². The summed E-state index contributed by atoms with van der Waals surface area (Å²) in [4.78, 5) is 25.2. The minimum absolute atomic E-state index is 0.0536. The number of nitrogens with one attached hydrogen (secondary N) is 2. The molecule has 0 aromatic carbocycles. The average molecular weight is 432 g/mol. The van der Waals surface area contributed by atoms with Crippen LogP contribution in [0.25, 0.3) is 0 Å². The van der Waals surface area contributed by atoms with Crippen molar-refractivity contribution in [2.45, 2.75) is 51.7 Å². The number of nitrogens with zero attached hydrogens (tertiary/aromatic N) is 4. The summed E-state index contributed by atoms with van der Waals surface area (Å²) in [5.74, 6) is -0.230. The van der Waals surface area contributed by atoms with Crippen molar-refractivity contribution in [2.24, 2.45) is 0 Å². The number of aromatic nitrogens is 4. The van der Waals surface area contributed by atoms with Crippen LogP contribution in [0.3, 0.4) is 0 Å². The van der Waals surface area contributed by atoms with Gasteiger partial charge in [-0.2, -0.15) is 10.2 Å². The van der Waals surface area contributed by atoms with Crippen molar-refractivity contribution in [3.63, 3.8) is 0 Å². The highest BCUT2D eigenvalue weighted by Crippen LogP contribution is 2.41. The normalized spacial score (nSPS) is 13.5. The number of amides is 2. The summed E-state index contributed by atoms with van der Waals surface area (Å²) in [6.45, 7) is 2.29. The molecule has 1 saturated carbocycles. The Morgan fingerprint density at radius 3 is 2.77 bits per heavy atom. The van der Waals surface area contributed by atoms with Crippen molar-refractivity contribution in [2.75, 3.05) is 5.32 Å². The molecule has 31 heavy (non-hydrogen) atoms. The number of hydrogen-bond donors (Lipinski definition) is 2. The minimum atomic E-state index is -2.70. The van der Waals surface area contributed by atoms with Gasteiger partial charge in [-0.25, -0.2) is 8.78 Å². The fraction of sp³-hybridized carbons (Fsp3) is 0.400. The van der Waals surface area contributed by atoms with Crippen molar-refractivity contribution in [1.29, 1.82) is 0 Å². The summed E-state index contributed by atoms with van der Waals surface area (Å²) in [5, 5.41) is 13.4. The molecule has 3 heterocycles. The highest BCUT2D eigenvalue weighted by Gasteiger charge is 2.30. The van der Waals surface area contributed by atoms with Gasteiger partial charge >= 0.3 is 0 Å². The number of aryl methyl sites for hydroxylation is 1. The molecule has 0 atom stereocenters. The molecule has 11 heteroatoms. The monoisotopic (exact) mass is 432 g/mol. The number of rotatable bonds is 9. The molecule has 3 aromatic rings. The molecule has 1 fully saturated rings. The number of anilines is 1. The molecule has 0 radical (unpaired) electrons. The fourth-order valence-corrected chi connectivity index (χ4v) is 3.23. The van der Waals surface area contributed by atoms with E-state index < -0.39 is 18.2 Å². The zero-order valence-electron chi connectivity index (χ0n) is 16.8. The zero-order valence-corrected chi connectivity index (χ0v) is 16.8. The second-order valence-electron chi connectivity index (χ2n) is 7.28. The van der Waals surface area contributed by atoms with Crippen LogP contribution in [-0.4, -0.2) is 31.4 Å². The second-order valence-corrected chi connectivity index (χ2v) is 7.28. The summed E-state index contributed by atoms with van der Waals surface area (Å²) in [6.07, 6.45) is 2.13.